The van der Waals surface area contributed by atoms with E-state index in [0.29, 0.717) is 5.92 Å². The molecule has 2 rings (SSSR count). The number of aromatic nitrogens is 1. The molecule has 0 bridgehead atoms. The van der Waals surface area contributed by atoms with E-state index in [1.807, 2.05) is 6.92 Å². The number of likely N-dealkylation sites (tertiary alicyclic amines) is 1. The van der Waals surface area contributed by atoms with Crippen LogP contribution >= 0.6 is 0 Å². The number of nitrogens with zero attached hydrogens (tertiary/aromatic N) is 2. The van der Waals surface area contributed by atoms with Gasteiger partial charge in [0, 0.05) is 32.0 Å². The number of aliphatic hydroxyl groups is 1. The first kappa shape index (κ1) is 11.7. The molecule has 0 spiro atoms. The highest BCUT2D eigenvalue weighted by atomic mass is 16.3. The molecule has 2 atom stereocenters. The number of hydrogen-bond donors (Lipinski definition) is 1. The molecule has 2 heterocycles. The van der Waals surface area contributed by atoms with Gasteiger partial charge in [-0.2, -0.15) is 0 Å². The third kappa shape index (κ3) is 2.66. The average molecular weight is 222 g/mol. The number of hydrogen-bond acceptors (Lipinski definition) is 2. The van der Waals surface area contributed by atoms with Gasteiger partial charge in [-0.15, -0.1) is 0 Å². The minimum Gasteiger partial charge on any atom is -0.393 e. The molecule has 1 aliphatic heterocycles. The first-order chi connectivity index (χ1) is 7.66. The van der Waals surface area contributed by atoms with Gasteiger partial charge in [0.25, 0.3) is 0 Å². The lowest BCUT2D eigenvalue weighted by Gasteiger charge is -2.34. The molecule has 0 aromatic carbocycles. The van der Waals surface area contributed by atoms with E-state index in [2.05, 4.69) is 34.8 Å². The Kier molecular flexibility index (Phi) is 3.66. The zero-order valence-corrected chi connectivity index (χ0v) is 10.3. The molecule has 0 aliphatic carbocycles. The van der Waals surface area contributed by atoms with Crippen molar-refractivity contribution in [3.05, 3.63) is 24.0 Å². The van der Waals surface area contributed by atoms with Crippen molar-refractivity contribution in [3.63, 3.8) is 0 Å². The number of rotatable bonds is 3. The third-order valence-corrected chi connectivity index (χ3v) is 3.66. The quantitative estimate of drug-likeness (QED) is 0.842. The van der Waals surface area contributed by atoms with Crippen LogP contribution in [0.1, 0.15) is 25.5 Å². The van der Waals surface area contributed by atoms with Gasteiger partial charge in [0.1, 0.15) is 0 Å². The van der Waals surface area contributed by atoms with Crippen molar-refractivity contribution < 1.29 is 5.11 Å². The summed E-state index contributed by atoms with van der Waals surface area (Å²) in [7, 11) is 2.09. The SMILES string of the molecule is C[C@H](O)[C@@H]1CCCN(Cc2cccn2C)C1. The molecule has 1 aromatic rings. The summed E-state index contributed by atoms with van der Waals surface area (Å²) in [6.07, 6.45) is 4.29. The van der Waals surface area contributed by atoms with Gasteiger partial charge in [-0.3, -0.25) is 4.90 Å². The summed E-state index contributed by atoms with van der Waals surface area (Å²) in [6, 6.07) is 4.26. The Morgan fingerprint density at radius 1 is 1.56 bits per heavy atom. The maximum atomic E-state index is 9.64. The lowest BCUT2D eigenvalue weighted by atomic mass is 9.93. The van der Waals surface area contributed by atoms with E-state index < -0.39 is 0 Å². The van der Waals surface area contributed by atoms with Gasteiger partial charge in [0.2, 0.25) is 0 Å². The van der Waals surface area contributed by atoms with Gasteiger partial charge in [-0.25, -0.2) is 0 Å². The lowest BCUT2D eigenvalue weighted by molar-refractivity contribution is 0.0591. The highest BCUT2D eigenvalue weighted by Gasteiger charge is 2.23. The van der Waals surface area contributed by atoms with Crippen molar-refractivity contribution in [1.29, 1.82) is 0 Å². The van der Waals surface area contributed by atoms with Crippen LogP contribution in [0.5, 0.6) is 0 Å². The summed E-state index contributed by atoms with van der Waals surface area (Å²) in [5.41, 5.74) is 1.35. The molecule has 1 saturated heterocycles. The molecular formula is C13H22N2O. The van der Waals surface area contributed by atoms with Crippen LogP contribution in [0.25, 0.3) is 0 Å². The summed E-state index contributed by atoms with van der Waals surface area (Å²) >= 11 is 0. The number of aliphatic hydroxyl groups excluding tert-OH is 1. The maximum absolute atomic E-state index is 9.64. The Labute approximate surface area is 97.7 Å². The van der Waals surface area contributed by atoms with Crippen molar-refractivity contribution in [2.75, 3.05) is 13.1 Å². The largest absolute Gasteiger partial charge is 0.393 e. The Morgan fingerprint density at radius 2 is 2.38 bits per heavy atom. The molecule has 3 heteroatoms. The molecule has 0 amide bonds. The van der Waals surface area contributed by atoms with Gasteiger partial charge in [0.15, 0.2) is 0 Å². The van der Waals surface area contributed by atoms with Gasteiger partial charge in [0.05, 0.1) is 6.10 Å². The van der Waals surface area contributed by atoms with E-state index in [0.717, 1.165) is 19.6 Å². The predicted molar refractivity (Wildman–Crippen MR) is 65.1 cm³/mol. The Morgan fingerprint density at radius 3 is 3.00 bits per heavy atom. The smallest absolute Gasteiger partial charge is 0.0552 e. The van der Waals surface area contributed by atoms with Crippen molar-refractivity contribution in [2.24, 2.45) is 13.0 Å². The Hall–Kier alpha value is -0.800. The van der Waals surface area contributed by atoms with Crippen LogP contribution < -0.4 is 0 Å². The maximum Gasteiger partial charge on any atom is 0.0552 e. The molecule has 1 aromatic heterocycles. The van der Waals surface area contributed by atoms with Crippen LogP contribution in [0, 0.1) is 5.92 Å². The molecule has 3 nitrogen and oxygen atoms in total. The second-order valence-corrected chi connectivity index (χ2v) is 4.99. The predicted octanol–water partition coefficient (Wildman–Crippen LogP) is 1.62. The van der Waals surface area contributed by atoms with E-state index >= 15 is 0 Å². The summed E-state index contributed by atoms with van der Waals surface area (Å²) < 4.78 is 2.17. The summed E-state index contributed by atoms with van der Waals surface area (Å²) in [6.45, 7) is 5.11. The van der Waals surface area contributed by atoms with Gasteiger partial charge < -0.3 is 9.67 Å². The average Bonchev–Trinajstić information content (AvgIpc) is 2.65. The molecule has 1 aliphatic rings. The van der Waals surface area contributed by atoms with Crippen LogP contribution in [-0.2, 0) is 13.6 Å². The minimum atomic E-state index is -0.170. The van der Waals surface area contributed by atoms with Crippen LogP contribution in [0.3, 0.4) is 0 Å². The minimum absolute atomic E-state index is 0.170. The topological polar surface area (TPSA) is 28.4 Å². The molecule has 16 heavy (non-hydrogen) atoms. The summed E-state index contributed by atoms with van der Waals surface area (Å²) in [5, 5.41) is 9.64. The molecule has 0 saturated carbocycles. The fourth-order valence-corrected chi connectivity index (χ4v) is 2.52. The first-order valence-corrected chi connectivity index (χ1v) is 6.17. The monoisotopic (exact) mass is 222 g/mol. The fraction of sp³-hybridized carbons (Fsp3) is 0.692. The zero-order chi connectivity index (χ0) is 11.5. The second kappa shape index (κ2) is 5.02. The van der Waals surface area contributed by atoms with Gasteiger partial charge in [-0.1, -0.05) is 0 Å². The van der Waals surface area contributed by atoms with Crippen LogP contribution in [0.4, 0.5) is 0 Å². The molecule has 0 unspecified atom stereocenters. The normalized spacial score (nSPS) is 24.6. The Bertz CT molecular complexity index is 332. The van der Waals surface area contributed by atoms with Crippen molar-refractivity contribution in [3.8, 4) is 0 Å². The summed E-state index contributed by atoms with van der Waals surface area (Å²) in [4.78, 5) is 2.45. The number of piperidine rings is 1. The molecular weight excluding hydrogens is 200 g/mol. The van der Waals surface area contributed by atoms with E-state index in [4.69, 9.17) is 0 Å². The molecule has 90 valence electrons. The Balaban J connectivity index is 1.93. The zero-order valence-electron chi connectivity index (χ0n) is 10.3. The fourth-order valence-electron chi connectivity index (χ4n) is 2.52. The summed E-state index contributed by atoms with van der Waals surface area (Å²) in [5.74, 6) is 0.453. The molecule has 0 radical (unpaired) electrons. The van der Waals surface area contributed by atoms with Crippen molar-refractivity contribution >= 4 is 0 Å². The van der Waals surface area contributed by atoms with Crippen LogP contribution in [0.2, 0.25) is 0 Å². The van der Waals surface area contributed by atoms with Crippen LogP contribution in [-0.4, -0.2) is 33.8 Å². The molecule has 1 fully saturated rings. The highest BCUT2D eigenvalue weighted by Crippen LogP contribution is 2.21. The van der Waals surface area contributed by atoms with E-state index in [1.54, 1.807) is 0 Å². The standard InChI is InChI=1S/C13H22N2O/c1-11(16)12-5-3-8-15(9-12)10-13-6-4-7-14(13)2/h4,6-7,11-12,16H,3,5,8-10H2,1-2H3/t11-,12+/m0/s1. The molecule has 1 N–H and O–H groups in total. The van der Waals surface area contributed by atoms with E-state index in [9.17, 15) is 5.11 Å². The van der Waals surface area contributed by atoms with Gasteiger partial charge in [-0.05, 0) is 44.4 Å². The number of aryl methyl sites for hydroxylation is 1. The van der Waals surface area contributed by atoms with Crippen molar-refractivity contribution in [1.82, 2.24) is 9.47 Å². The van der Waals surface area contributed by atoms with E-state index in [1.165, 1.54) is 18.5 Å². The third-order valence-electron chi connectivity index (χ3n) is 3.66. The van der Waals surface area contributed by atoms with E-state index in [-0.39, 0.29) is 6.10 Å². The second-order valence-electron chi connectivity index (χ2n) is 4.99. The van der Waals surface area contributed by atoms with Gasteiger partial charge >= 0.3 is 0 Å². The first-order valence-electron chi connectivity index (χ1n) is 6.17. The van der Waals surface area contributed by atoms with Crippen LogP contribution in [0.15, 0.2) is 18.3 Å². The highest BCUT2D eigenvalue weighted by molar-refractivity contribution is 5.06. The van der Waals surface area contributed by atoms with Crippen molar-refractivity contribution in [2.45, 2.75) is 32.4 Å². The lowest BCUT2D eigenvalue weighted by Crippen LogP contribution is -2.39.